The van der Waals surface area contributed by atoms with Crippen molar-refractivity contribution >= 4 is 62.5 Å². The van der Waals surface area contributed by atoms with Crippen LogP contribution in [0.5, 0.6) is 0 Å². The number of nitrogens with zero attached hydrogens (tertiary/aromatic N) is 5. The molecule has 1 atom stereocenters. The standard InChI is InChI=1S/C25H31N5OS4/c1-26(2)23(31)22(30-17-28(19-35-25(30)33)14-21-11-7-4-8-12-21)15-29-16-27(18-34-24(29)32)13-20-9-5-3-6-10-20/h3-12,22H,13-19H2,1-2H3. The van der Waals surface area contributed by atoms with E-state index in [4.69, 9.17) is 24.4 Å². The monoisotopic (exact) mass is 545 g/mol. The van der Waals surface area contributed by atoms with Gasteiger partial charge >= 0.3 is 0 Å². The van der Waals surface area contributed by atoms with Gasteiger partial charge in [-0.3, -0.25) is 14.6 Å². The smallest absolute Gasteiger partial charge is 0.246 e. The summed E-state index contributed by atoms with van der Waals surface area (Å²) in [6.07, 6.45) is 0. The normalized spacial score (nSPS) is 18.6. The fourth-order valence-corrected chi connectivity index (χ4v) is 6.40. The quantitative estimate of drug-likeness (QED) is 0.458. The molecule has 2 fully saturated rings. The van der Waals surface area contributed by atoms with Crippen LogP contribution in [0.2, 0.25) is 0 Å². The van der Waals surface area contributed by atoms with Crippen LogP contribution in [0.4, 0.5) is 0 Å². The lowest BCUT2D eigenvalue weighted by molar-refractivity contribution is -0.134. The van der Waals surface area contributed by atoms with Crippen molar-refractivity contribution in [2.24, 2.45) is 0 Å². The molecule has 0 spiro atoms. The topological polar surface area (TPSA) is 33.3 Å². The summed E-state index contributed by atoms with van der Waals surface area (Å²) in [7, 11) is 3.62. The number of carbonyl (C=O) groups is 1. The Hall–Kier alpha value is -1.69. The molecule has 2 aliphatic heterocycles. The molecular formula is C25H31N5OS4. The number of hydrogen-bond acceptors (Lipinski definition) is 7. The number of benzene rings is 2. The third-order valence-corrected chi connectivity index (χ3v) is 9.13. The summed E-state index contributed by atoms with van der Waals surface area (Å²) in [6, 6.07) is 20.5. The van der Waals surface area contributed by atoms with Crippen molar-refractivity contribution in [1.29, 1.82) is 0 Å². The Morgan fingerprint density at radius 3 is 1.91 bits per heavy atom. The highest BCUT2D eigenvalue weighted by atomic mass is 32.2. The zero-order chi connectivity index (χ0) is 24.8. The summed E-state index contributed by atoms with van der Waals surface area (Å²) in [6.45, 7) is 3.49. The highest BCUT2D eigenvalue weighted by Gasteiger charge is 2.36. The van der Waals surface area contributed by atoms with Crippen molar-refractivity contribution in [1.82, 2.24) is 24.5 Å². The number of amides is 1. The van der Waals surface area contributed by atoms with Crippen molar-refractivity contribution < 1.29 is 4.79 Å². The van der Waals surface area contributed by atoms with Gasteiger partial charge in [-0.2, -0.15) is 0 Å². The molecule has 2 saturated heterocycles. The van der Waals surface area contributed by atoms with Gasteiger partial charge in [-0.25, -0.2) is 0 Å². The van der Waals surface area contributed by atoms with E-state index in [-0.39, 0.29) is 5.91 Å². The molecule has 2 aromatic carbocycles. The van der Waals surface area contributed by atoms with E-state index >= 15 is 0 Å². The average molecular weight is 546 g/mol. The van der Waals surface area contributed by atoms with Gasteiger partial charge in [0.05, 0.1) is 25.1 Å². The second-order valence-electron chi connectivity index (χ2n) is 8.93. The first-order valence-electron chi connectivity index (χ1n) is 11.5. The molecule has 0 aromatic heterocycles. The zero-order valence-corrected chi connectivity index (χ0v) is 23.3. The predicted molar refractivity (Wildman–Crippen MR) is 155 cm³/mol. The third-order valence-electron chi connectivity index (χ3n) is 5.95. The third kappa shape index (κ3) is 7.18. The fraction of sp³-hybridized carbons (Fsp3) is 0.400. The minimum Gasteiger partial charge on any atom is -0.347 e. The number of hydrogen-bond donors (Lipinski definition) is 0. The first-order valence-corrected chi connectivity index (χ1v) is 14.3. The van der Waals surface area contributed by atoms with Gasteiger partial charge in [0.2, 0.25) is 5.91 Å². The van der Waals surface area contributed by atoms with E-state index in [9.17, 15) is 4.79 Å². The SMILES string of the molecule is CN(C)C(=O)C(CN1CN(Cc2ccccc2)CSC1=S)N1CN(Cc2ccccc2)CSC1=S. The van der Waals surface area contributed by atoms with Gasteiger partial charge < -0.3 is 14.7 Å². The lowest BCUT2D eigenvalue weighted by Crippen LogP contribution is -2.59. The first-order chi connectivity index (χ1) is 16.9. The molecule has 4 rings (SSSR count). The van der Waals surface area contributed by atoms with Crippen molar-refractivity contribution in [2.75, 3.05) is 45.7 Å². The minimum absolute atomic E-state index is 0.0440. The van der Waals surface area contributed by atoms with Crippen LogP contribution in [-0.2, 0) is 17.9 Å². The molecule has 186 valence electrons. The number of thiocarbonyl (C=S) groups is 2. The fourth-order valence-electron chi connectivity index (χ4n) is 4.17. The summed E-state index contributed by atoms with van der Waals surface area (Å²) in [5.41, 5.74) is 2.52. The van der Waals surface area contributed by atoms with Crippen molar-refractivity contribution in [2.45, 2.75) is 19.1 Å². The minimum atomic E-state index is -0.404. The van der Waals surface area contributed by atoms with Gasteiger partial charge in [-0.15, -0.1) is 0 Å². The lowest BCUT2D eigenvalue weighted by atomic mass is 10.2. The van der Waals surface area contributed by atoms with Gasteiger partial charge in [-0.05, 0) is 11.1 Å². The maximum Gasteiger partial charge on any atom is 0.246 e. The Morgan fingerprint density at radius 1 is 0.857 bits per heavy atom. The molecule has 0 bridgehead atoms. The Morgan fingerprint density at radius 2 is 1.37 bits per heavy atom. The van der Waals surface area contributed by atoms with E-state index < -0.39 is 6.04 Å². The Kier molecular flexibility index (Phi) is 9.43. The van der Waals surface area contributed by atoms with E-state index in [0.29, 0.717) is 19.9 Å². The van der Waals surface area contributed by atoms with Crippen LogP contribution >= 0.6 is 48.0 Å². The molecule has 1 amide bonds. The number of likely N-dealkylation sites (N-methyl/N-ethyl adjacent to an activating group) is 1. The molecule has 2 aliphatic rings. The Bertz CT molecular complexity index is 1020. The van der Waals surface area contributed by atoms with E-state index in [1.54, 1.807) is 28.4 Å². The van der Waals surface area contributed by atoms with Crippen molar-refractivity contribution in [3.8, 4) is 0 Å². The van der Waals surface area contributed by atoms with Crippen molar-refractivity contribution in [3.05, 3.63) is 71.8 Å². The number of rotatable bonds is 8. The Labute approximate surface area is 227 Å². The molecule has 0 aliphatic carbocycles. The van der Waals surface area contributed by atoms with Crippen LogP contribution in [0.3, 0.4) is 0 Å². The maximum absolute atomic E-state index is 13.4. The van der Waals surface area contributed by atoms with Crippen LogP contribution in [-0.4, -0.2) is 90.8 Å². The van der Waals surface area contributed by atoms with E-state index in [1.807, 2.05) is 26.2 Å². The summed E-state index contributed by atoms with van der Waals surface area (Å²) in [5, 5.41) is 0. The average Bonchev–Trinajstić information content (AvgIpc) is 2.86. The van der Waals surface area contributed by atoms with E-state index in [0.717, 1.165) is 33.5 Å². The predicted octanol–water partition coefficient (Wildman–Crippen LogP) is 3.95. The molecule has 6 nitrogen and oxygen atoms in total. The second kappa shape index (κ2) is 12.5. The van der Waals surface area contributed by atoms with Crippen molar-refractivity contribution in [3.63, 3.8) is 0 Å². The lowest BCUT2D eigenvalue weighted by Gasteiger charge is -2.44. The second-order valence-corrected chi connectivity index (χ2v) is 12.1. The van der Waals surface area contributed by atoms with Gasteiger partial charge in [-0.1, -0.05) is 109 Å². The summed E-state index contributed by atoms with van der Waals surface area (Å²) < 4.78 is 1.61. The summed E-state index contributed by atoms with van der Waals surface area (Å²) in [4.78, 5) is 24.0. The molecule has 35 heavy (non-hydrogen) atoms. The highest BCUT2D eigenvalue weighted by Crippen LogP contribution is 2.26. The molecule has 2 aromatic rings. The molecule has 0 N–H and O–H groups in total. The maximum atomic E-state index is 13.4. The highest BCUT2D eigenvalue weighted by molar-refractivity contribution is 8.23. The Balaban J connectivity index is 1.48. The molecular weight excluding hydrogens is 515 g/mol. The van der Waals surface area contributed by atoms with E-state index in [2.05, 4.69) is 68.1 Å². The summed E-state index contributed by atoms with van der Waals surface area (Å²) >= 11 is 14.8. The van der Waals surface area contributed by atoms with Crippen LogP contribution in [0.15, 0.2) is 60.7 Å². The van der Waals surface area contributed by atoms with Gasteiger partial charge in [0.1, 0.15) is 14.7 Å². The first kappa shape index (κ1) is 26.4. The van der Waals surface area contributed by atoms with Gasteiger partial charge in [0.15, 0.2) is 0 Å². The van der Waals surface area contributed by atoms with Crippen LogP contribution in [0, 0.1) is 0 Å². The molecule has 2 heterocycles. The van der Waals surface area contributed by atoms with E-state index in [1.165, 1.54) is 11.1 Å². The number of carbonyl (C=O) groups excluding carboxylic acids is 1. The van der Waals surface area contributed by atoms with Crippen LogP contribution in [0.1, 0.15) is 11.1 Å². The zero-order valence-electron chi connectivity index (χ0n) is 20.1. The van der Waals surface area contributed by atoms with Gasteiger partial charge in [0.25, 0.3) is 0 Å². The molecule has 10 heteroatoms. The summed E-state index contributed by atoms with van der Waals surface area (Å²) in [5.74, 6) is 1.71. The number of thioether (sulfide) groups is 2. The molecule has 0 radical (unpaired) electrons. The van der Waals surface area contributed by atoms with Crippen LogP contribution < -0.4 is 0 Å². The van der Waals surface area contributed by atoms with Crippen LogP contribution in [0.25, 0.3) is 0 Å². The molecule has 0 saturated carbocycles. The van der Waals surface area contributed by atoms with Gasteiger partial charge in [0, 0.05) is 33.7 Å². The molecule has 1 unspecified atom stereocenters. The largest absolute Gasteiger partial charge is 0.347 e.